The molecule has 1 spiro atoms. The lowest BCUT2D eigenvalue weighted by molar-refractivity contribution is -0.0906. The number of amides is 1. The topological polar surface area (TPSA) is 58.2 Å². The van der Waals surface area contributed by atoms with Gasteiger partial charge in [0.25, 0.3) is 5.91 Å². The van der Waals surface area contributed by atoms with E-state index in [1.807, 2.05) is 35.2 Å². The largest absolute Gasteiger partial charge is 0.369 e. The predicted octanol–water partition coefficient (Wildman–Crippen LogP) is 3.84. The molecule has 1 amide bonds. The predicted molar refractivity (Wildman–Crippen MR) is 105 cm³/mol. The number of aromatic amines is 1. The highest BCUT2D eigenvalue weighted by molar-refractivity contribution is 7.10. The van der Waals surface area contributed by atoms with Crippen LogP contribution in [0.25, 0.3) is 11.3 Å². The van der Waals surface area contributed by atoms with Crippen molar-refractivity contribution in [3.05, 3.63) is 64.0 Å². The number of hydrogen-bond acceptors (Lipinski definition) is 4. The molecule has 2 aliphatic heterocycles. The van der Waals surface area contributed by atoms with E-state index in [1.165, 1.54) is 10.4 Å². The molecule has 6 heteroatoms. The number of carbonyl (C=O) groups excluding carboxylic acids is 1. The standard InChI is InChI=1S/C21H21N3O2S/c25-20(17-3-1-15(2-4-17)18-5-10-22-23-18)24-11-8-21(9-12-24)19-16(6-13-26-21)7-14-27-19/h1-5,7,10,14H,6,8-9,11-13H2,(H,22,23). The summed E-state index contributed by atoms with van der Waals surface area (Å²) in [7, 11) is 0. The van der Waals surface area contributed by atoms with Crippen LogP contribution in [-0.4, -0.2) is 40.7 Å². The Morgan fingerprint density at radius 2 is 1.96 bits per heavy atom. The fourth-order valence-corrected chi connectivity index (χ4v) is 5.36. The lowest BCUT2D eigenvalue weighted by atomic mass is 9.85. The molecule has 0 radical (unpaired) electrons. The Bertz CT molecular complexity index is 938. The third-order valence-corrected chi connectivity index (χ3v) is 6.85. The van der Waals surface area contributed by atoms with Gasteiger partial charge in [-0.3, -0.25) is 9.89 Å². The zero-order chi connectivity index (χ0) is 18.3. The van der Waals surface area contributed by atoms with Crippen LogP contribution in [0.3, 0.4) is 0 Å². The van der Waals surface area contributed by atoms with Crippen molar-refractivity contribution in [2.45, 2.75) is 24.9 Å². The van der Waals surface area contributed by atoms with Gasteiger partial charge in [-0.25, -0.2) is 0 Å². The van der Waals surface area contributed by atoms with Crippen molar-refractivity contribution in [3.63, 3.8) is 0 Å². The number of H-pyrrole nitrogens is 1. The Morgan fingerprint density at radius 3 is 2.70 bits per heavy atom. The van der Waals surface area contributed by atoms with E-state index in [4.69, 9.17) is 4.74 Å². The van der Waals surface area contributed by atoms with Gasteiger partial charge in [0.15, 0.2) is 0 Å². The number of carbonyl (C=O) groups is 1. The summed E-state index contributed by atoms with van der Waals surface area (Å²) in [5.41, 5.74) is 3.97. The zero-order valence-electron chi connectivity index (χ0n) is 15.0. The molecule has 138 valence electrons. The fraction of sp³-hybridized carbons (Fsp3) is 0.333. The summed E-state index contributed by atoms with van der Waals surface area (Å²) in [5.74, 6) is 0.100. The second kappa shape index (κ2) is 6.62. The Hall–Kier alpha value is -2.44. The van der Waals surface area contributed by atoms with Crippen LogP contribution < -0.4 is 0 Å². The minimum atomic E-state index is -0.178. The van der Waals surface area contributed by atoms with E-state index in [2.05, 4.69) is 21.6 Å². The van der Waals surface area contributed by atoms with Crippen LogP contribution in [0.1, 0.15) is 33.6 Å². The summed E-state index contributed by atoms with van der Waals surface area (Å²) >= 11 is 1.80. The average Bonchev–Trinajstić information content (AvgIpc) is 3.41. The molecule has 3 aromatic rings. The van der Waals surface area contributed by atoms with Crippen LogP contribution in [0.15, 0.2) is 48.0 Å². The van der Waals surface area contributed by atoms with Crippen molar-refractivity contribution in [1.29, 1.82) is 0 Å². The summed E-state index contributed by atoms with van der Waals surface area (Å²) in [6, 6.07) is 11.9. The van der Waals surface area contributed by atoms with E-state index in [0.29, 0.717) is 0 Å². The van der Waals surface area contributed by atoms with Crippen LogP contribution in [0.2, 0.25) is 0 Å². The normalized spacial score (nSPS) is 18.4. The summed E-state index contributed by atoms with van der Waals surface area (Å²) in [6.07, 6.45) is 4.48. The Kier molecular flexibility index (Phi) is 4.10. The maximum Gasteiger partial charge on any atom is 0.253 e. The molecule has 0 saturated carbocycles. The summed E-state index contributed by atoms with van der Waals surface area (Å²) < 4.78 is 6.25. The maximum absolute atomic E-state index is 12.9. The number of benzene rings is 1. The second-order valence-corrected chi connectivity index (χ2v) is 8.12. The molecule has 5 nitrogen and oxygen atoms in total. The van der Waals surface area contributed by atoms with Crippen LogP contribution in [0.4, 0.5) is 0 Å². The molecule has 0 bridgehead atoms. The lowest BCUT2D eigenvalue weighted by Gasteiger charge is -2.43. The number of nitrogens with one attached hydrogen (secondary N) is 1. The zero-order valence-corrected chi connectivity index (χ0v) is 15.8. The number of piperidine rings is 1. The first-order chi connectivity index (χ1) is 13.3. The number of thiophene rings is 1. The Labute approximate surface area is 162 Å². The molecular formula is C21H21N3O2S. The first kappa shape index (κ1) is 16.7. The number of likely N-dealkylation sites (tertiary alicyclic amines) is 1. The van der Waals surface area contributed by atoms with Gasteiger partial charge in [-0.2, -0.15) is 5.10 Å². The van der Waals surface area contributed by atoms with E-state index < -0.39 is 0 Å². The number of ether oxygens (including phenoxy) is 1. The summed E-state index contributed by atoms with van der Waals surface area (Å²) in [4.78, 5) is 16.3. The highest BCUT2D eigenvalue weighted by atomic mass is 32.1. The number of hydrogen-bond donors (Lipinski definition) is 1. The van der Waals surface area contributed by atoms with E-state index in [9.17, 15) is 4.79 Å². The van der Waals surface area contributed by atoms with Crippen molar-refractivity contribution in [3.8, 4) is 11.3 Å². The first-order valence-corrected chi connectivity index (χ1v) is 10.2. The van der Waals surface area contributed by atoms with E-state index in [1.54, 1.807) is 17.5 Å². The van der Waals surface area contributed by atoms with Gasteiger partial charge in [-0.15, -0.1) is 11.3 Å². The molecule has 4 heterocycles. The molecule has 1 N–H and O–H groups in total. The highest BCUT2D eigenvalue weighted by Gasteiger charge is 2.42. The molecule has 0 atom stereocenters. The monoisotopic (exact) mass is 379 g/mol. The van der Waals surface area contributed by atoms with E-state index in [0.717, 1.165) is 55.8 Å². The van der Waals surface area contributed by atoms with Crippen molar-refractivity contribution in [1.82, 2.24) is 15.1 Å². The second-order valence-electron chi connectivity index (χ2n) is 7.21. The van der Waals surface area contributed by atoms with Gasteiger partial charge < -0.3 is 9.64 Å². The van der Waals surface area contributed by atoms with Crippen LogP contribution in [-0.2, 0) is 16.8 Å². The van der Waals surface area contributed by atoms with Crippen LogP contribution in [0.5, 0.6) is 0 Å². The fourth-order valence-electron chi connectivity index (χ4n) is 4.19. The van der Waals surface area contributed by atoms with Gasteiger partial charge in [-0.1, -0.05) is 12.1 Å². The average molecular weight is 379 g/mol. The van der Waals surface area contributed by atoms with Gasteiger partial charge in [0.2, 0.25) is 0 Å². The first-order valence-electron chi connectivity index (χ1n) is 9.35. The third-order valence-electron chi connectivity index (χ3n) is 5.71. The van der Waals surface area contributed by atoms with Gasteiger partial charge >= 0.3 is 0 Å². The molecule has 27 heavy (non-hydrogen) atoms. The van der Waals surface area contributed by atoms with E-state index in [-0.39, 0.29) is 11.5 Å². The summed E-state index contributed by atoms with van der Waals surface area (Å²) in [5, 5.41) is 9.08. The molecule has 0 aliphatic carbocycles. The molecule has 1 aromatic carbocycles. The van der Waals surface area contributed by atoms with Gasteiger partial charge in [0.1, 0.15) is 5.60 Å². The number of nitrogens with zero attached hydrogens (tertiary/aromatic N) is 2. The quantitative estimate of drug-likeness (QED) is 0.736. The van der Waals surface area contributed by atoms with Gasteiger partial charge in [-0.05, 0) is 60.0 Å². The molecule has 2 aromatic heterocycles. The van der Waals surface area contributed by atoms with Gasteiger partial charge in [0.05, 0.1) is 12.3 Å². The molecule has 1 fully saturated rings. The van der Waals surface area contributed by atoms with Crippen molar-refractivity contribution < 1.29 is 9.53 Å². The molecule has 1 saturated heterocycles. The molecule has 5 rings (SSSR count). The number of aromatic nitrogens is 2. The van der Waals surface area contributed by atoms with E-state index >= 15 is 0 Å². The molecule has 2 aliphatic rings. The lowest BCUT2D eigenvalue weighted by Crippen LogP contribution is -2.47. The Morgan fingerprint density at radius 1 is 1.15 bits per heavy atom. The Balaban J connectivity index is 1.30. The third kappa shape index (κ3) is 2.89. The minimum absolute atomic E-state index is 0.100. The molecular weight excluding hydrogens is 358 g/mol. The smallest absolute Gasteiger partial charge is 0.253 e. The SMILES string of the molecule is O=C(c1ccc(-c2ccn[nH]2)cc1)N1CCC2(CC1)OCCc1ccsc12. The number of fused-ring (bicyclic) bond motifs is 2. The highest BCUT2D eigenvalue weighted by Crippen LogP contribution is 2.44. The van der Waals surface area contributed by atoms with Crippen molar-refractivity contribution in [2.24, 2.45) is 0 Å². The van der Waals surface area contributed by atoms with Crippen LogP contribution >= 0.6 is 11.3 Å². The number of rotatable bonds is 2. The van der Waals surface area contributed by atoms with Gasteiger partial charge in [0, 0.05) is 29.7 Å². The maximum atomic E-state index is 12.9. The van der Waals surface area contributed by atoms with Crippen molar-refractivity contribution >= 4 is 17.2 Å². The van der Waals surface area contributed by atoms with Crippen molar-refractivity contribution in [2.75, 3.05) is 19.7 Å². The molecule has 0 unspecified atom stereocenters. The summed E-state index contributed by atoms with van der Waals surface area (Å²) in [6.45, 7) is 2.25. The minimum Gasteiger partial charge on any atom is -0.369 e. The van der Waals surface area contributed by atoms with Crippen LogP contribution in [0, 0.1) is 0 Å².